The number of carbonyl (C=O) groups excluding carboxylic acids is 4. The van der Waals surface area contributed by atoms with Gasteiger partial charge in [0.2, 0.25) is 0 Å². The van der Waals surface area contributed by atoms with Crippen LogP contribution in [0.3, 0.4) is 0 Å². The third kappa shape index (κ3) is 4.45. The molecule has 3 rings (SSSR count). The van der Waals surface area contributed by atoms with E-state index in [0.717, 1.165) is 0 Å². The zero-order chi connectivity index (χ0) is 25.5. The number of hydrogen-bond acceptors (Lipinski definition) is 8. The summed E-state index contributed by atoms with van der Waals surface area (Å²) >= 11 is 0. The molecular weight excluding hydrogens is 444 g/mol. The number of aliphatic carboxylic acids is 1. The molecule has 9 nitrogen and oxygen atoms in total. The topological polar surface area (TPSA) is 133 Å². The molecule has 0 heterocycles. The highest BCUT2D eigenvalue weighted by Gasteiger charge is 2.66. The third-order valence-electron chi connectivity index (χ3n) is 8.67. The van der Waals surface area contributed by atoms with E-state index in [9.17, 15) is 29.1 Å². The normalized spacial score (nSPS) is 40.2. The van der Waals surface area contributed by atoms with E-state index in [1.165, 1.54) is 20.8 Å². The van der Waals surface area contributed by atoms with Crippen LogP contribution in [0.4, 0.5) is 0 Å². The Hall–Kier alpha value is -2.45. The number of ether oxygens (including phenoxy) is 3. The fourth-order valence-electron chi connectivity index (χ4n) is 7.45. The maximum absolute atomic E-state index is 12.9. The van der Waals surface area contributed by atoms with Crippen LogP contribution in [-0.2, 0) is 38.2 Å². The summed E-state index contributed by atoms with van der Waals surface area (Å²) in [6.07, 6.45) is -0.611. The van der Waals surface area contributed by atoms with Crippen molar-refractivity contribution >= 4 is 29.7 Å². The molecule has 0 aromatic rings. The molecule has 1 N–H and O–H groups in total. The van der Waals surface area contributed by atoms with E-state index in [0.29, 0.717) is 19.3 Å². The molecule has 10 atom stereocenters. The molecule has 34 heavy (non-hydrogen) atoms. The molecule has 0 aromatic carbocycles. The van der Waals surface area contributed by atoms with Crippen LogP contribution in [0, 0.1) is 40.9 Å². The Morgan fingerprint density at radius 3 is 2.00 bits per heavy atom. The first kappa shape index (κ1) is 26.2. The van der Waals surface area contributed by atoms with Gasteiger partial charge in [-0.25, -0.2) is 0 Å². The number of carboxylic acid groups (broad SMARTS) is 1. The molecule has 9 heteroatoms. The van der Waals surface area contributed by atoms with Gasteiger partial charge < -0.3 is 19.3 Å². The smallest absolute Gasteiger partial charge is 0.306 e. The molecule has 0 radical (unpaired) electrons. The predicted octanol–water partition coefficient (Wildman–Crippen LogP) is 2.78. The molecule has 3 fully saturated rings. The van der Waals surface area contributed by atoms with Crippen molar-refractivity contribution in [3.63, 3.8) is 0 Å². The fourth-order valence-corrected chi connectivity index (χ4v) is 7.45. The first-order valence-corrected chi connectivity index (χ1v) is 12.1. The number of Topliss-reactive ketones (excluding diaryl/α,β-unsaturated/α-hetero) is 1. The van der Waals surface area contributed by atoms with E-state index in [4.69, 9.17) is 14.2 Å². The van der Waals surface area contributed by atoms with Gasteiger partial charge in [-0.15, -0.1) is 0 Å². The Kier molecular flexibility index (Phi) is 7.43. The Morgan fingerprint density at radius 1 is 0.912 bits per heavy atom. The summed E-state index contributed by atoms with van der Waals surface area (Å²) in [6, 6.07) is 0. The Bertz CT molecular complexity index is 866. The number of fused-ring (bicyclic) bond motifs is 3. The minimum absolute atomic E-state index is 0.0413. The molecule has 0 amide bonds. The summed E-state index contributed by atoms with van der Waals surface area (Å²) in [5, 5.41) is 9.68. The number of hydrogen-bond donors (Lipinski definition) is 1. The van der Waals surface area contributed by atoms with Crippen LogP contribution >= 0.6 is 0 Å². The fraction of sp³-hybridized carbons (Fsp3) is 0.800. The quantitative estimate of drug-likeness (QED) is 0.466. The molecule has 0 spiro atoms. The lowest BCUT2D eigenvalue weighted by atomic mass is 9.44. The summed E-state index contributed by atoms with van der Waals surface area (Å²) in [4.78, 5) is 61.0. The van der Waals surface area contributed by atoms with Crippen LogP contribution in [0.2, 0.25) is 0 Å². The van der Waals surface area contributed by atoms with Crippen LogP contribution in [0.5, 0.6) is 0 Å². The van der Waals surface area contributed by atoms with Crippen molar-refractivity contribution in [3.8, 4) is 0 Å². The maximum Gasteiger partial charge on any atom is 0.306 e. The van der Waals surface area contributed by atoms with Crippen LogP contribution in [0.25, 0.3) is 0 Å². The van der Waals surface area contributed by atoms with Gasteiger partial charge >= 0.3 is 23.9 Å². The minimum Gasteiger partial charge on any atom is -0.481 e. The van der Waals surface area contributed by atoms with Crippen molar-refractivity contribution in [1.29, 1.82) is 0 Å². The summed E-state index contributed by atoms with van der Waals surface area (Å²) in [5.74, 6) is -4.74. The molecule has 0 saturated heterocycles. The van der Waals surface area contributed by atoms with Crippen LogP contribution in [-0.4, -0.2) is 53.1 Å². The van der Waals surface area contributed by atoms with Crippen molar-refractivity contribution < 1.29 is 43.3 Å². The molecular formula is C25H36O9. The van der Waals surface area contributed by atoms with Gasteiger partial charge in [0.05, 0.1) is 5.92 Å². The van der Waals surface area contributed by atoms with Gasteiger partial charge in [-0.2, -0.15) is 0 Å². The Labute approximate surface area is 199 Å². The zero-order valence-electron chi connectivity index (χ0n) is 20.7. The van der Waals surface area contributed by atoms with Crippen molar-refractivity contribution in [2.24, 2.45) is 40.9 Å². The van der Waals surface area contributed by atoms with E-state index in [-0.39, 0.29) is 35.9 Å². The molecule has 0 aliphatic heterocycles. The van der Waals surface area contributed by atoms with Crippen molar-refractivity contribution in [3.05, 3.63) is 0 Å². The lowest BCUT2D eigenvalue weighted by Gasteiger charge is -2.63. The highest BCUT2D eigenvalue weighted by Crippen LogP contribution is 2.63. The molecule has 3 aliphatic rings. The van der Waals surface area contributed by atoms with Crippen LogP contribution < -0.4 is 0 Å². The van der Waals surface area contributed by atoms with Gasteiger partial charge in [-0.1, -0.05) is 20.8 Å². The molecule has 10 unspecified atom stereocenters. The standard InChI is InChI=1S/C25H36O9/c1-11-17-8-7-16-18(9-10-19(29)20(16)12(2)24(30)31)25(17,6)23(34-15(5)28)22(33-14(4)27)21(11)32-13(3)26/h11-12,16-18,20-23H,7-10H2,1-6H3,(H,30,31). The summed E-state index contributed by atoms with van der Waals surface area (Å²) in [6.45, 7) is 9.34. The van der Waals surface area contributed by atoms with E-state index < -0.39 is 59.4 Å². The van der Waals surface area contributed by atoms with Crippen LogP contribution in [0.15, 0.2) is 0 Å². The van der Waals surface area contributed by atoms with Gasteiger partial charge in [0.15, 0.2) is 6.10 Å². The van der Waals surface area contributed by atoms with E-state index in [2.05, 4.69) is 0 Å². The van der Waals surface area contributed by atoms with Crippen molar-refractivity contribution in [2.45, 2.75) is 85.5 Å². The van der Waals surface area contributed by atoms with E-state index >= 15 is 0 Å². The second kappa shape index (κ2) is 9.66. The Morgan fingerprint density at radius 2 is 1.47 bits per heavy atom. The van der Waals surface area contributed by atoms with Crippen molar-refractivity contribution in [1.82, 2.24) is 0 Å². The van der Waals surface area contributed by atoms with Gasteiger partial charge in [0.25, 0.3) is 0 Å². The molecule has 3 aliphatic carbocycles. The maximum atomic E-state index is 12.9. The van der Waals surface area contributed by atoms with Crippen molar-refractivity contribution in [2.75, 3.05) is 0 Å². The molecule has 3 saturated carbocycles. The number of ketones is 1. The summed E-state index contributed by atoms with van der Waals surface area (Å²) < 4.78 is 17.1. The predicted molar refractivity (Wildman–Crippen MR) is 118 cm³/mol. The lowest BCUT2D eigenvalue weighted by molar-refractivity contribution is -0.255. The SMILES string of the molecule is CC(=O)OC1C(C)C2CCC3C(C(C)C(=O)O)C(=O)CCC3C2(C)C(OC(C)=O)C1OC(C)=O. The first-order valence-electron chi connectivity index (χ1n) is 12.1. The summed E-state index contributed by atoms with van der Waals surface area (Å²) in [5.41, 5.74) is -0.706. The average Bonchev–Trinajstić information content (AvgIpc) is 2.72. The number of esters is 3. The van der Waals surface area contributed by atoms with E-state index in [1.54, 1.807) is 6.92 Å². The summed E-state index contributed by atoms with van der Waals surface area (Å²) in [7, 11) is 0. The van der Waals surface area contributed by atoms with Gasteiger partial charge in [0, 0.05) is 44.4 Å². The second-order valence-corrected chi connectivity index (χ2v) is 10.5. The monoisotopic (exact) mass is 480 g/mol. The van der Waals surface area contributed by atoms with Gasteiger partial charge in [-0.3, -0.25) is 24.0 Å². The number of rotatable bonds is 5. The number of carboxylic acids is 1. The van der Waals surface area contributed by atoms with E-state index in [1.807, 2.05) is 13.8 Å². The highest BCUT2D eigenvalue weighted by molar-refractivity contribution is 5.87. The van der Waals surface area contributed by atoms with Crippen LogP contribution in [0.1, 0.15) is 67.2 Å². The molecule has 0 aromatic heterocycles. The third-order valence-corrected chi connectivity index (χ3v) is 8.67. The molecule has 0 bridgehead atoms. The minimum atomic E-state index is -1.01. The lowest BCUT2D eigenvalue weighted by Crippen LogP contribution is -2.68. The highest BCUT2D eigenvalue weighted by atomic mass is 16.6. The molecule has 190 valence electrons. The number of carbonyl (C=O) groups is 5. The average molecular weight is 481 g/mol. The first-order chi connectivity index (χ1) is 15.8. The second-order valence-electron chi connectivity index (χ2n) is 10.5. The largest absolute Gasteiger partial charge is 0.481 e. The Balaban J connectivity index is 2.13. The van der Waals surface area contributed by atoms with Gasteiger partial charge in [-0.05, 0) is 37.0 Å². The zero-order valence-corrected chi connectivity index (χ0v) is 20.7. The van der Waals surface area contributed by atoms with Gasteiger partial charge in [0.1, 0.15) is 18.0 Å².